The molecule has 19 aromatic carbocycles. The van der Waals surface area contributed by atoms with E-state index in [1.807, 2.05) is 30.3 Å². The van der Waals surface area contributed by atoms with Crippen molar-refractivity contribution in [3.8, 4) is 174 Å². The smallest absolute Gasteiger partial charge is 0.187 e. The van der Waals surface area contributed by atoms with Crippen LogP contribution >= 0.6 is 0 Å². The lowest BCUT2D eigenvalue weighted by atomic mass is 9.67. The van der Waals surface area contributed by atoms with Crippen molar-refractivity contribution in [1.82, 2.24) is 19.9 Å². The van der Waals surface area contributed by atoms with Gasteiger partial charge in [0.15, 0.2) is 17.3 Å². The Balaban J connectivity index is 0.000000149. The molecule has 6 heteroatoms. The molecule has 0 aliphatic heterocycles. The second-order valence-corrected chi connectivity index (χ2v) is 33.6. The van der Waals surface area contributed by atoms with Gasteiger partial charge in [0.05, 0.1) is 51.8 Å². The monoisotopic (exact) mass is 1650 g/mol. The fourth-order valence-corrected chi connectivity index (χ4v) is 20.2. The van der Waals surface area contributed by atoms with E-state index in [1.165, 1.54) is 94.2 Å². The number of rotatable bonds is 14. The molecule has 24 rings (SSSR count). The lowest BCUT2D eigenvalue weighted by Gasteiger charge is -2.34. The minimum absolute atomic E-state index is 0.511. The van der Waals surface area contributed by atoms with Gasteiger partial charge in [0.1, 0.15) is 0 Å². The average molecular weight is 1650 g/mol. The first-order valence-electron chi connectivity index (χ1n) is 44.0. The van der Waals surface area contributed by atoms with Crippen LogP contribution in [-0.4, -0.2) is 19.9 Å². The van der Waals surface area contributed by atoms with E-state index in [4.69, 9.17) is 26.5 Å². The minimum atomic E-state index is -0.571. The lowest BCUT2D eigenvalue weighted by molar-refractivity contribution is 0.768. The third kappa shape index (κ3) is 13.5. The zero-order chi connectivity index (χ0) is 86.6. The molecule has 604 valence electrons. The van der Waals surface area contributed by atoms with Crippen LogP contribution in [0.1, 0.15) is 50.1 Å². The number of nitrogens with zero attached hydrogens (tertiary/aromatic N) is 6. The highest BCUT2D eigenvalue weighted by atomic mass is 14.9. The Morgan fingerprint density at radius 2 is 0.569 bits per heavy atom. The van der Waals surface area contributed by atoms with Crippen molar-refractivity contribution in [2.45, 2.75) is 10.8 Å². The largest absolute Gasteiger partial charge is 0.238 e. The maximum Gasteiger partial charge on any atom is 0.187 e. The first kappa shape index (κ1) is 77.4. The molecule has 21 aromatic rings. The van der Waals surface area contributed by atoms with Crippen LogP contribution in [0.4, 0.5) is 5.69 Å². The fourth-order valence-electron chi connectivity index (χ4n) is 20.2. The molecule has 3 aliphatic carbocycles. The zero-order valence-corrected chi connectivity index (χ0v) is 70.7. The first-order valence-corrected chi connectivity index (χ1v) is 44.0. The summed E-state index contributed by atoms with van der Waals surface area (Å²) in [6.07, 6.45) is 0. The summed E-state index contributed by atoms with van der Waals surface area (Å²) < 4.78 is 0. The SMILES string of the molecule is N#Cc1ccc2c(c1)C(c1ccccc1)(c1ccccc1)c1ccc(-c3ccc(-c4cccc(-c5cc(-c6ccc(-c7ccccc7)cc6)nc(-c6ccc(-c7ccccc7)cc6)n5)c4)cc3)cc1-2.[C-]#[N+]c1ccc2c(c1)C1(c3ccccc3-c3ccccc31)c1cccc(-c3ccc(-c4cccc(-c5nc(-c6ccccc6)cc(-c6ccc7ccccc7c6)n5)c4)cc3)c1-2. The van der Waals surface area contributed by atoms with Crippen molar-refractivity contribution in [2.75, 3.05) is 0 Å². The fraction of sp³-hybridized carbons (Fsp3) is 0.0161. The summed E-state index contributed by atoms with van der Waals surface area (Å²) in [6.45, 7) is 7.98. The van der Waals surface area contributed by atoms with Gasteiger partial charge in [0.25, 0.3) is 0 Å². The number of nitriles is 1. The third-order valence-corrected chi connectivity index (χ3v) is 26.4. The molecule has 0 radical (unpaired) electrons. The van der Waals surface area contributed by atoms with E-state index in [9.17, 15) is 5.26 Å². The molecule has 130 heavy (non-hydrogen) atoms. The maximum absolute atomic E-state index is 10.1. The minimum Gasteiger partial charge on any atom is -0.238 e. The molecular formula is C124H78N6. The normalized spacial score (nSPS) is 12.4. The Hall–Kier alpha value is -17.4. The Labute approximate surface area is 756 Å². The van der Waals surface area contributed by atoms with E-state index in [-0.39, 0.29) is 0 Å². The predicted molar refractivity (Wildman–Crippen MR) is 531 cm³/mol. The second-order valence-electron chi connectivity index (χ2n) is 33.6. The Morgan fingerprint density at radius 3 is 1.14 bits per heavy atom. The molecular weight excluding hydrogens is 1570 g/mol. The van der Waals surface area contributed by atoms with Gasteiger partial charge >= 0.3 is 0 Å². The average Bonchev–Trinajstić information content (AvgIpc) is 1.50. The van der Waals surface area contributed by atoms with Crippen molar-refractivity contribution >= 4 is 16.5 Å². The molecule has 1 spiro atoms. The van der Waals surface area contributed by atoms with E-state index in [1.54, 1.807) is 0 Å². The number of fused-ring (bicyclic) bond motifs is 14. The van der Waals surface area contributed by atoms with Crippen LogP contribution in [-0.2, 0) is 10.8 Å². The van der Waals surface area contributed by atoms with Crippen molar-refractivity contribution in [2.24, 2.45) is 0 Å². The lowest BCUT2D eigenvalue weighted by Crippen LogP contribution is -2.28. The maximum atomic E-state index is 10.1. The van der Waals surface area contributed by atoms with Gasteiger partial charge in [-0.25, -0.2) is 24.8 Å². The highest BCUT2D eigenvalue weighted by molar-refractivity contribution is 6.01. The summed E-state index contributed by atoms with van der Waals surface area (Å²) >= 11 is 0. The summed E-state index contributed by atoms with van der Waals surface area (Å²) in [5.74, 6) is 1.36. The Kier molecular flexibility index (Phi) is 19.4. The van der Waals surface area contributed by atoms with E-state index in [0.29, 0.717) is 22.9 Å². The van der Waals surface area contributed by atoms with Gasteiger partial charge in [-0.15, -0.1) is 0 Å². The molecule has 0 saturated heterocycles. The van der Waals surface area contributed by atoms with E-state index in [2.05, 4.69) is 454 Å². The van der Waals surface area contributed by atoms with E-state index < -0.39 is 10.8 Å². The summed E-state index contributed by atoms with van der Waals surface area (Å²) in [5.41, 5.74) is 40.4. The molecule has 0 saturated carbocycles. The summed E-state index contributed by atoms with van der Waals surface area (Å²) in [5, 5.41) is 12.5. The van der Waals surface area contributed by atoms with Crippen molar-refractivity contribution in [3.63, 3.8) is 0 Å². The summed E-state index contributed by atoms with van der Waals surface area (Å²) in [4.78, 5) is 24.7. The second kappa shape index (κ2) is 32.6. The Morgan fingerprint density at radius 1 is 0.208 bits per heavy atom. The number of aromatic nitrogens is 4. The molecule has 3 aliphatic rings. The van der Waals surface area contributed by atoms with Crippen LogP contribution in [0.3, 0.4) is 0 Å². The molecule has 0 unspecified atom stereocenters. The molecule has 6 nitrogen and oxygen atoms in total. The molecule has 0 bridgehead atoms. The standard InChI is InChI=1S/C66H43N3.C58H35N3/c67-44-45-24-38-59-60-42-55(37-39-61(60)66(62(59)40-45,57-20-9-3-10-21-57)58-22-11-4-12-23-58)51-27-25-50(26-28-51)54-18-13-19-56(41-54)64-43-63(52-33-29-48(30-34-52)46-14-5-1-6-15-46)68-65(69-64)53-35-31-49(32-36-53)47-16-7-2-8-17-47;1-59-45-31-32-49-53(35-45)58(50-22-9-7-19-47(50)48-20-8-10-23-51(48)58)52-24-12-21-46(56(49)52)39-28-25-38(26-29-39)42-17-11-18-44(34-42)57-60-54(40-14-3-2-4-15-40)36-55(61-57)43-30-27-37-13-5-6-16-41(37)33-43/h1-43H;2-36H. The van der Waals surface area contributed by atoms with Crippen molar-refractivity contribution in [1.29, 1.82) is 5.26 Å². The van der Waals surface area contributed by atoms with Crippen LogP contribution in [0, 0.1) is 17.9 Å². The molecule has 2 aromatic heterocycles. The van der Waals surface area contributed by atoms with Gasteiger partial charge in [0, 0.05) is 33.4 Å². The van der Waals surface area contributed by atoms with Crippen LogP contribution in [0.5, 0.6) is 0 Å². The number of hydrogen-bond acceptors (Lipinski definition) is 5. The summed E-state index contributed by atoms with van der Waals surface area (Å²) in [6, 6.07) is 170. The summed E-state index contributed by atoms with van der Waals surface area (Å²) in [7, 11) is 0. The molecule has 0 fully saturated rings. The first-order chi connectivity index (χ1) is 64.3. The third-order valence-electron chi connectivity index (χ3n) is 26.4. The van der Waals surface area contributed by atoms with Gasteiger partial charge in [-0.2, -0.15) is 5.26 Å². The molecule has 0 amide bonds. The molecule has 0 N–H and O–H groups in total. The van der Waals surface area contributed by atoms with Crippen LogP contribution in [0.25, 0.3) is 184 Å². The highest BCUT2D eigenvalue weighted by Crippen LogP contribution is 2.65. The number of benzene rings is 19. The molecule has 0 atom stereocenters. The zero-order valence-electron chi connectivity index (χ0n) is 70.7. The van der Waals surface area contributed by atoms with Crippen LogP contribution in [0.2, 0.25) is 0 Å². The molecule has 2 heterocycles. The topological polar surface area (TPSA) is 79.7 Å². The van der Waals surface area contributed by atoms with Crippen LogP contribution < -0.4 is 0 Å². The van der Waals surface area contributed by atoms with Crippen LogP contribution in [0.15, 0.2) is 473 Å². The quantitative estimate of drug-likeness (QED) is 0.101. The van der Waals surface area contributed by atoms with Crippen molar-refractivity contribution < 1.29 is 0 Å². The van der Waals surface area contributed by atoms with E-state index in [0.717, 1.165) is 117 Å². The van der Waals surface area contributed by atoms with Gasteiger partial charge in [-0.3, -0.25) is 0 Å². The van der Waals surface area contributed by atoms with Gasteiger partial charge in [-0.1, -0.05) is 425 Å². The predicted octanol–water partition coefficient (Wildman–Crippen LogP) is 31.2. The van der Waals surface area contributed by atoms with Gasteiger partial charge in [0.2, 0.25) is 0 Å². The highest BCUT2D eigenvalue weighted by Gasteiger charge is 2.52. The van der Waals surface area contributed by atoms with Crippen molar-refractivity contribution in [3.05, 3.63) is 535 Å². The number of hydrogen-bond donors (Lipinski definition) is 0. The van der Waals surface area contributed by atoms with Gasteiger partial charge in [-0.05, 0) is 204 Å². The van der Waals surface area contributed by atoms with Gasteiger partial charge < -0.3 is 0 Å². The Bertz CT molecular complexity index is 7870. The van der Waals surface area contributed by atoms with E-state index >= 15 is 0 Å².